The summed E-state index contributed by atoms with van der Waals surface area (Å²) < 4.78 is 43.3. The summed E-state index contributed by atoms with van der Waals surface area (Å²) >= 11 is 0. The van der Waals surface area contributed by atoms with Gasteiger partial charge in [-0.15, -0.1) is 18.3 Å². The van der Waals surface area contributed by atoms with Crippen molar-refractivity contribution in [2.75, 3.05) is 21.7 Å². The van der Waals surface area contributed by atoms with Gasteiger partial charge in [-0.2, -0.15) is 4.52 Å². The van der Waals surface area contributed by atoms with Crippen molar-refractivity contribution in [1.29, 1.82) is 0 Å². The molecule has 0 unspecified atom stereocenters. The van der Waals surface area contributed by atoms with Crippen molar-refractivity contribution in [3.05, 3.63) is 30.5 Å². The Balaban J connectivity index is 1.66. The van der Waals surface area contributed by atoms with E-state index in [0.29, 0.717) is 29.0 Å². The van der Waals surface area contributed by atoms with E-state index < -0.39 is 18.0 Å². The van der Waals surface area contributed by atoms with Gasteiger partial charge in [-0.25, -0.2) is 4.98 Å². The number of halogens is 3. The Kier molecular flexibility index (Phi) is 4.76. The van der Waals surface area contributed by atoms with Crippen molar-refractivity contribution in [3.63, 3.8) is 0 Å². The molecule has 0 saturated heterocycles. The SMILES string of the molecule is CC(=O)Nc1cc(Nc2cc(NC3CC3)c3ncc(N)n3n2)ccc1OC(F)(F)F. The van der Waals surface area contributed by atoms with Crippen LogP contribution in [0.15, 0.2) is 30.5 Å². The van der Waals surface area contributed by atoms with Crippen LogP contribution in [0.4, 0.5) is 41.9 Å². The lowest BCUT2D eigenvalue weighted by Gasteiger charge is -2.16. The van der Waals surface area contributed by atoms with Gasteiger partial charge < -0.3 is 26.4 Å². The van der Waals surface area contributed by atoms with Crippen LogP contribution in [-0.2, 0) is 4.79 Å². The highest BCUT2D eigenvalue weighted by Crippen LogP contribution is 2.34. The van der Waals surface area contributed by atoms with Crippen molar-refractivity contribution in [1.82, 2.24) is 14.6 Å². The smallest absolute Gasteiger partial charge is 0.404 e. The van der Waals surface area contributed by atoms with Crippen LogP contribution in [0.1, 0.15) is 19.8 Å². The fourth-order valence-corrected chi connectivity index (χ4v) is 2.86. The standard InChI is InChI=1S/C18H18F3N7O2/c1-9(29)24-12-6-11(4-5-14(12)30-18(19,20)21)26-16-7-13(25-10-2-3-10)17-23-8-15(22)28(17)27-16/h4-8,10,25H,2-3,22H2,1H3,(H,24,29)(H,26,27). The highest BCUT2D eigenvalue weighted by molar-refractivity contribution is 5.91. The Morgan fingerprint density at radius 2 is 2.03 bits per heavy atom. The highest BCUT2D eigenvalue weighted by atomic mass is 19.4. The molecule has 1 fully saturated rings. The van der Waals surface area contributed by atoms with Crippen LogP contribution >= 0.6 is 0 Å². The molecule has 0 radical (unpaired) electrons. The van der Waals surface area contributed by atoms with Gasteiger partial charge in [-0.05, 0) is 31.0 Å². The number of carbonyl (C=O) groups is 1. The van der Waals surface area contributed by atoms with E-state index in [9.17, 15) is 18.0 Å². The van der Waals surface area contributed by atoms with E-state index in [1.165, 1.54) is 29.8 Å². The van der Waals surface area contributed by atoms with Crippen molar-refractivity contribution in [2.24, 2.45) is 0 Å². The molecule has 1 aromatic carbocycles. The normalized spacial score (nSPS) is 13.9. The van der Waals surface area contributed by atoms with Crippen molar-refractivity contribution < 1.29 is 22.7 Å². The zero-order valence-corrected chi connectivity index (χ0v) is 15.7. The van der Waals surface area contributed by atoms with Crippen LogP contribution in [0.3, 0.4) is 0 Å². The number of carbonyl (C=O) groups excluding carboxylic acids is 1. The highest BCUT2D eigenvalue weighted by Gasteiger charge is 2.32. The van der Waals surface area contributed by atoms with Gasteiger partial charge in [0, 0.05) is 24.7 Å². The number of rotatable bonds is 6. The Labute approximate surface area is 168 Å². The zero-order valence-electron chi connectivity index (χ0n) is 15.7. The Morgan fingerprint density at radius 1 is 1.27 bits per heavy atom. The molecule has 1 aliphatic rings. The minimum absolute atomic E-state index is 0.135. The summed E-state index contributed by atoms with van der Waals surface area (Å²) in [5.74, 6) is -0.351. The van der Waals surface area contributed by atoms with Crippen LogP contribution in [-0.4, -0.2) is 32.9 Å². The van der Waals surface area contributed by atoms with Crippen LogP contribution in [0.2, 0.25) is 0 Å². The molecule has 0 bridgehead atoms. The number of benzene rings is 1. The van der Waals surface area contributed by atoms with E-state index in [-0.39, 0.29) is 5.69 Å². The molecule has 1 aliphatic carbocycles. The topological polar surface area (TPSA) is 119 Å². The number of anilines is 5. The van der Waals surface area contributed by atoms with Gasteiger partial charge in [0.05, 0.1) is 17.6 Å². The van der Waals surface area contributed by atoms with E-state index in [1.54, 1.807) is 6.07 Å². The number of hydrogen-bond donors (Lipinski definition) is 4. The third-order valence-corrected chi connectivity index (χ3v) is 4.22. The number of hydrogen-bond acceptors (Lipinski definition) is 7. The average molecular weight is 421 g/mol. The van der Waals surface area contributed by atoms with Crippen LogP contribution < -0.4 is 26.4 Å². The molecule has 0 atom stereocenters. The summed E-state index contributed by atoms with van der Waals surface area (Å²) in [5, 5.41) is 13.1. The third kappa shape index (κ3) is 4.47. The largest absolute Gasteiger partial charge is 0.573 e. The second kappa shape index (κ2) is 7.28. The minimum atomic E-state index is -4.89. The zero-order chi connectivity index (χ0) is 21.5. The first-order chi connectivity index (χ1) is 14.2. The van der Waals surface area contributed by atoms with Crippen molar-refractivity contribution in [2.45, 2.75) is 32.2 Å². The molecule has 30 heavy (non-hydrogen) atoms. The molecule has 5 N–H and O–H groups in total. The predicted octanol–water partition coefficient (Wildman–Crippen LogP) is 3.49. The average Bonchev–Trinajstić information content (AvgIpc) is 3.37. The summed E-state index contributed by atoms with van der Waals surface area (Å²) in [6, 6.07) is 5.89. The van der Waals surface area contributed by atoms with E-state index in [2.05, 4.69) is 30.8 Å². The second-order valence-electron chi connectivity index (χ2n) is 6.85. The van der Waals surface area contributed by atoms with E-state index in [4.69, 9.17) is 5.73 Å². The van der Waals surface area contributed by atoms with Crippen molar-refractivity contribution >= 4 is 40.3 Å². The number of nitrogens with two attached hydrogens (primary N) is 1. The molecule has 2 heterocycles. The monoisotopic (exact) mass is 421 g/mol. The predicted molar refractivity (Wildman–Crippen MR) is 105 cm³/mol. The maximum atomic E-state index is 12.6. The second-order valence-corrected chi connectivity index (χ2v) is 6.85. The molecule has 12 heteroatoms. The van der Waals surface area contributed by atoms with Gasteiger partial charge in [0.1, 0.15) is 5.82 Å². The molecule has 4 rings (SSSR count). The van der Waals surface area contributed by atoms with Gasteiger partial charge in [0.15, 0.2) is 17.2 Å². The molecule has 1 amide bonds. The number of fused-ring (bicyclic) bond motifs is 1. The quantitative estimate of drug-likeness (QED) is 0.481. The van der Waals surface area contributed by atoms with Crippen LogP contribution in [0, 0.1) is 0 Å². The van der Waals surface area contributed by atoms with Crippen molar-refractivity contribution in [3.8, 4) is 5.75 Å². The number of nitrogens with one attached hydrogen (secondary N) is 3. The van der Waals surface area contributed by atoms with E-state index >= 15 is 0 Å². The first kappa shape index (κ1) is 19.6. The lowest BCUT2D eigenvalue weighted by Crippen LogP contribution is -2.19. The summed E-state index contributed by atoms with van der Waals surface area (Å²) in [6.07, 6.45) is -1.30. The molecule has 3 aromatic rings. The lowest BCUT2D eigenvalue weighted by molar-refractivity contribution is -0.274. The maximum absolute atomic E-state index is 12.6. The lowest BCUT2D eigenvalue weighted by atomic mass is 10.2. The van der Waals surface area contributed by atoms with Gasteiger partial charge >= 0.3 is 6.36 Å². The molecule has 0 aliphatic heterocycles. The molecular formula is C18H18F3N7O2. The number of imidazole rings is 1. The molecule has 0 spiro atoms. The maximum Gasteiger partial charge on any atom is 0.573 e. The summed E-state index contributed by atoms with van der Waals surface area (Å²) in [7, 11) is 0. The number of alkyl halides is 3. The first-order valence-corrected chi connectivity index (χ1v) is 9.03. The minimum Gasteiger partial charge on any atom is -0.404 e. The number of nitrogen functional groups attached to an aromatic ring is 1. The van der Waals surface area contributed by atoms with Gasteiger partial charge in [0.2, 0.25) is 5.91 Å². The number of ether oxygens (including phenoxy) is 1. The third-order valence-electron chi connectivity index (χ3n) is 4.22. The van der Waals surface area contributed by atoms with Gasteiger partial charge in [0.25, 0.3) is 0 Å². The number of aromatic nitrogens is 3. The fourth-order valence-electron chi connectivity index (χ4n) is 2.86. The van der Waals surface area contributed by atoms with Gasteiger partial charge in [-0.1, -0.05) is 0 Å². The van der Waals surface area contributed by atoms with E-state index in [1.807, 2.05) is 0 Å². The Morgan fingerprint density at radius 3 is 2.70 bits per heavy atom. The van der Waals surface area contributed by atoms with Crippen LogP contribution in [0.5, 0.6) is 5.75 Å². The molecular weight excluding hydrogens is 403 g/mol. The molecule has 158 valence electrons. The van der Waals surface area contributed by atoms with Gasteiger partial charge in [-0.3, -0.25) is 4.79 Å². The fraction of sp³-hybridized carbons (Fsp3) is 0.278. The Bertz CT molecular complexity index is 1110. The number of nitrogens with zero attached hydrogens (tertiary/aromatic N) is 3. The Hall–Kier alpha value is -3.70. The summed E-state index contributed by atoms with van der Waals surface area (Å²) in [6.45, 7) is 1.19. The van der Waals surface area contributed by atoms with Crippen LogP contribution in [0.25, 0.3) is 5.65 Å². The summed E-state index contributed by atoms with van der Waals surface area (Å²) in [4.78, 5) is 15.6. The molecule has 2 aromatic heterocycles. The van der Waals surface area contributed by atoms with E-state index in [0.717, 1.165) is 24.6 Å². The summed E-state index contributed by atoms with van der Waals surface area (Å²) in [5.41, 5.74) is 7.47. The molecule has 9 nitrogen and oxygen atoms in total. The number of amides is 1. The molecule has 1 saturated carbocycles. The first-order valence-electron chi connectivity index (χ1n) is 9.03.